The molecule has 1 aromatic heterocycles. The molecule has 0 aliphatic carbocycles. The van der Waals surface area contributed by atoms with Crippen LogP contribution < -0.4 is 10.4 Å². The maximum absolute atomic E-state index is 13.4. The Kier molecular flexibility index (Phi) is 11.9. The van der Waals surface area contributed by atoms with Gasteiger partial charge >= 0.3 is 0 Å². The number of piperidine rings is 1. The van der Waals surface area contributed by atoms with Gasteiger partial charge in [0.15, 0.2) is 5.82 Å². The first kappa shape index (κ1) is 31.4. The number of rotatable bonds is 12. The van der Waals surface area contributed by atoms with Crippen LogP contribution >= 0.6 is 15.9 Å². The fourth-order valence-corrected chi connectivity index (χ4v) is 6.46. The molecular weight excluding hydrogens is 580 g/mol. The highest BCUT2D eigenvalue weighted by molar-refractivity contribution is 9.10. The van der Waals surface area contributed by atoms with Crippen LogP contribution in [0.4, 0.5) is 5.82 Å². The van der Waals surface area contributed by atoms with E-state index in [1.54, 1.807) is 6.20 Å². The topological polar surface area (TPSA) is 91.6 Å². The van der Waals surface area contributed by atoms with E-state index in [1.165, 1.54) is 38.0 Å². The number of carbonyl (C=O) groups excluding carboxylic acids is 1. The number of piperazine rings is 1. The highest BCUT2D eigenvalue weighted by Crippen LogP contribution is 2.27. The third-order valence-corrected chi connectivity index (χ3v) is 8.77. The second-order valence-electron chi connectivity index (χ2n) is 11.6. The summed E-state index contributed by atoms with van der Waals surface area (Å²) in [6, 6.07) is 9.99. The molecule has 3 heterocycles. The quantitative estimate of drug-likeness (QED) is 0.340. The number of hydrogen-bond acceptors (Lipinski definition) is 8. The monoisotopic (exact) mass is 624 g/mol. The van der Waals surface area contributed by atoms with Gasteiger partial charge in [0.25, 0.3) is 5.91 Å². The molecule has 0 spiro atoms. The Balaban J connectivity index is 1.36. The summed E-state index contributed by atoms with van der Waals surface area (Å²) in [6.45, 7) is 13.3. The SMILES string of the molecule is CCCC(CCC)N(NC(=O)c1ccc(CN2CCN(CC3CCCN(C)C3)CC2)cc1)c1nc(C#N)ncc1Br. The van der Waals surface area contributed by atoms with Gasteiger partial charge in [-0.15, -0.1) is 0 Å². The standard InChI is InChI=1S/C31H45BrN8O/c1-4-7-27(8-5-2)40(30-28(32)20-34-29(19-33)35-30)36-31(41)26-12-10-24(11-13-26)22-38-15-17-39(18-16-38)23-25-9-6-14-37(3)21-25/h10-13,20,25,27H,4-9,14-18,21-23H2,1-3H3,(H,36,41). The molecule has 0 bridgehead atoms. The Bertz CT molecular complexity index is 1160. The zero-order valence-corrected chi connectivity index (χ0v) is 26.4. The molecular formula is C31H45BrN8O. The number of anilines is 1. The third kappa shape index (κ3) is 8.95. The molecule has 2 aliphatic heterocycles. The molecule has 9 nitrogen and oxygen atoms in total. The molecule has 2 aromatic rings. The minimum atomic E-state index is -0.195. The van der Waals surface area contributed by atoms with Crippen LogP contribution in [0.15, 0.2) is 34.9 Å². The number of hydrazine groups is 1. The summed E-state index contributed by atoms with van der Waals surface area (Å²) >= 11 is 3.53. The summed E-state index contributed by atoms with van der Waals surface area (Å²) in [4.78, 5) is 29.5. The number of halogens is 1. The van der Waals surface area contributed by atoms with E-state index in [2.05, 4.69) is 79.1 Å². The molecule has 222 valence electrons. The largest absolute Gasteiger partial charge is 0.306 e. The molecule has 2 saturated heterocycles. The number of likely N-dealkylation sites (tertiary alicyclic amines) is 1. The summed E-state index contributed by atoms with van der Waals surface area (Å²) in [5.74, 6) is 1.18. The summed E-state index contributed by atoms with van der Waals surface area (Å²) in [5, 5.41) is 11.2. The van der Waals surface area contributed by atoms with Crippen LogP contribution in [0.3, 0.4) is 0 Å². The first-order chi connectivity index (χ1) is 19.9. The average Bonchev–Trinajstić information content (AvgIpc) is 2.97. The van der Waals surface area contributed by atoms with E-state index in [0.717, 1.165) is 64.3 Å². The van der Waals surface area contributed by atoms with Gasteiger partial charge in [0.05, 0.1) is 10.5 Å². The van der Waals surface area contributed by atoms with E-state index in [9.17, 15) is 10.1 Å². The molecule has 0 saturated carbocycles. The molecule has 1 N–H and O–H groups in total. The number of benzene rings is 1. The van der Waals surface area contributed by atoms with E-state index in [-0.39, 0.29) is 17.8 Å². The number of amides is 1. The molecule has 1 atom stereocenters. The number of nitrogens with zero attached hydrogens (tertiary/aromatic N) is 7. The lowest BCUT2D eigenvalue weighted by molar-refractivity contribution is 0.0928. The molecule has 1 unspecified atom stereocenters. The van der Waals surface area contributed by atoms with Crippen molar-refractivity contribution in [2.45, 2.75) is 65.0 Å². The van der Waals surface area contributed by atoms with Crippen molar-refractivity contribution in [2.75, 3.05) is 57.9 Å². The predicted molar refractivity (Wildman–Crippen MR) is 166 cm³/mol. The minimum Gasteiger partial charge on any atom is -0.306 e. The van der Waals surface area contributed by atoms with E-state index < -0.39 is 0 Å². The third-order valence-electron chi connectivity index (χ3n) is 8.21. The van der Waals surface area contributed by atoms with Crippen molar-refractivity contribution in [1.29, 1.82) is 5.26 Å². The van der Waals surface area contributed by atoms with Gasteiger partial charge in [-0.25, -0.2) is 4.98 Å². The maximum Gasteiger partial charge on any atom is 0.269 e. The Labute approximate surface area is 254 Å². The van der Waals surface area contributed by atoms with Gasteiger partial charge in [-0.1, -0.05) is 38.8 Å². The Hall–Kier alpha value is -2.58. The van der Waals surface area contributed by atoms with Crippen molar-refractivity contribution < 1.29 is 4.79 Å². The predicted octanol–water partition coefficient (Wildman–Crippen LogP) is 4.69. The number of nitrogens with one attached hydrogen (secondary N) is 1. The zero-order chi connectivity index (χ0) is 29.2. The number of hydrogen-bond donors (Lipinski definition) is 1. The van der Waals surface area contributed by atoms with Crippen molar-refractivity contribution in [3.8, 4) is 6.07 Å². The first-order valence-electron chi connectivity index (χ1n) is 15.1. The number of carbonyl (C=O) groups is 1. The lowest BCUT2D eigenvalue weighted by Crippen LogP contribution is -2.49. The summed E-state index contributed by atoms with van der Waals surface area (Å²) < 4.78 is 0.635. The van der Waals surface area contributed by atoms with Gasteiger partial charge in [-0.3, -0.25) is 20.1 Å². The Morgan fingerprint density at radius 2 is 1.80 bits per heavy atom. The highest BCUT2D eigenvalue weighted by Gasteiger charge is 2.26. The van der Waals surface area contributed by atoms with E-state index in [1.807, 2.05) is 23.2 Å². The van der Waals surface area contributed by atoms with Gasteiger partial charge in [0.2, 0.25) is 5.82 Å². The lowest BCUT2D eigenvalue weighted by Gasteiger charge is -2.38. The van der Waals surface area contributed by atoms with E-state index >= 15 is 0 Å². The van der Waals surface area contributed by atoms with Gasteiger partial charge in [0.1, 0.15) is 6.07 Å². The molecule has 41 heavy (non-hydrogen) atoms. The lowest BCUT2D eigenvalue weighted by atomic mass is 9.97. The van der Waals surface area contributed by atoms with Gasteiger partial charge in [-0.05, 0) is 78.8 Å². The van der Waals surface area contributed by atoms with Crippen molar-refractivity contribution >= 4 is 27.7 Å². The van der Waals surface area contributed by atoms with Crippen LogP contribution in [0, 0.1) is 17.2 Å². The number of nitriles is 1. The van der Waals surface area contributed by atoms with Crippen LogP contribution in [0.5, 0.6) is 0 Å². The molecule has 1 aromatic carbocycles. The fourth-order valence-electron chi connectivity index (χ4n) is 6.08. The van der Waals surface area contributed by atoms with Gasteiger partial charge in [0, 0.05) is 57.6 Å². The van der Waals surface area contributed by atoms with Gasteiger partial charge < -0.3 is 9.80 Å². The van der Waals surface area contributed by atoms with Crippen molar-refractivity contribution in [2.24, 2.45) is 5.92 Å². The molecule has 2 fully saturated rings. The van der Waals surface area contributed by atoms with Crippen molar-refractivity contribution in [1.82, 2.24) is 30.1 Å². The average molecular weight is 626 g/mol. The number of aromatic nitrogens is 2. The molecule has 2 aliphatic rings. The highest BCUT2D eigenvalue weighted by atomic mass is 79.9. The summed E-state index contributed by atoms with van der Waals surface area (Å²) in [6.07, 6.45) is 7.95. The van der Waals surface area contributed by atoms with Crippen molar-refractivity contribution in [3.63, 3.8) is 0 Å². The molecule has 4 rings (SSSR count). The summed E-state index contributed by atoms with van der Waals surface area (Å²) in [5.41, 5.74) is 4.91. The van der Waals surface area contributed by atoms with E-state index in [4.69, 9.17) is 0 Å². The van der Waals surface area contributed by atoms with E-state index in [0.29, 0.717) is 15.9 Å². The van der Waals surface area contributed by atoms with Crippen LogP contribution in [0.2, 0.25) is 0 Å². The second kappa shape index (κ2) is 15.6. The molecule has 1 amide bonds. The van der Waals surface area contributed by atoms with Crippen LogP contribution in [0.1, 0.15) is 74.1 Å². The minimum absolute atomic E-state index is 0.0451. The zero-order valence-electron chi connectivity index (χ0n) is 24.9. The first-order valence-corrected chi connectivity index (χ1v) is 15.9. The smallest absolute Gasteiger partial charge is 0.269 e. The molecule has 0 radical (unpaired) electrons. The summed E-state index contributed by atoms with van der Waals surface area (Å²) in [7, 11) is 2.24. The van der Waals surface area contributed by atoms with Crippen LogP contribution in [0.25, 0.3) is 0 Å². The Morgan fingerprint density at radius 3 is 2.44 bits per heavy atom. The normalized spacial score (nSPS) is 18.8. The fraction of sp³-hybridized carbons (Fsp3) is 0.613. The van der Waals surface area contributed by atoms with Crippen molar-refractivity contribution in [3.05, 3.63) is 51.9 Å². The molecule has 10 heteroatoms. The van der Waals surface area contributed by atoms with Crippen LogP contribution in [-0.4, -0.2) is 89.5 Å². The van der Waals surface area contributed by atoms with Crippen LogP contribution in [-0.2, 0) is 6.54 Å². The Morgan fingerprint density at radius 1 is 1.12 bits per heavy atom. The maximum atomic E-state index is 13.4. The second-order valence-corrected chi connectivity index (χ2v) is 12.4. The van der Waals surface area contributed by atoms with Gasteiger partial charge in [-0.2, -0.15) is 10.2 Å².